The SMILES string of the molecule is [2H]c1c([2H])c([2H])c(-c2cccc(-c3c([2H])c([2H])c([2H])c([2H])c3[2H])c2-[n+]2[c-]n(-c3[c-]c(Oc4[c-]c5c(cc4)c4ccccc4n5-c4cc(N5c6ccccc6C(C)(C)c6ccccc65)ccn4)ccc3)c3ccccc32)c([2H])c1[2H].[Pt]. The van der Waals surface area contributed by atoms with Crippen molar-refractivity contribution in [2.24, 2.45) is 0 Å². The number of hydrogen-bond acceptors (Lipinski definition) is 3. The molecule has 13 rings (SSSR count). The third-order valence-electron chi connectivity index (χ3n) is 13.0. The fourth-order valence-electron chi connectivity index (χ4n) is 9.89. The maximum atomic E-state index is 9.05. The van der Waals surface area contributed by atoms with E-state index in [4.69, 9.17) is 23.4 Å². The molecule has 0 fully saturated rings. The van der Waals surface area contributed by atoms with Gasteiger partial charge in [0.2, 0.25) is 0 Å². The molecule has 9 aromatic carbocycles. The number of nitrogens with zero attached hydrogens (tertiary/aromatic N) is 5. The molecule has 0 atom stereocenters. The second-order valence-corrected chi connectivity index (χ2v) is 17.3. The number of hydrogen-bond donors (Lipinski definition) is 0. The average Bonchev–Trinajstić information content (AvgIpc) is 3.41. The van der Waals surface area contributed by atoms with Crippen LogP contribution in [0.25, 0.3) is 72.3 Å². The van der Waals surface area contributed by atoms with Crippen molar-refractivity contribution in [3.05, 3.63) is 254 Å². The van der Waals surface area contributed by atoms with Crippen molar-refractivity contribution >= 4 is 49.9 Å². The molecule has 0 saturated heterocycles. The molecule has 7 heteroatoms. The van der Waals surface area contributed by atoms with Crippen molar-refractivity contribution < 1.29 is 44.1 Å². The zero-order chi connectivity index (χ0) is 54.8. The molecule has 70 heavy (non-hydrogen) atoms. The Hall–Kier alpha value is -8.31. The van der Waals surface area contributed by atoms with E-state index in [9.17, 15) is 0 Å². The van der Waals surface area contributed by atoms with Gasteiger partial charge in [0, 0.05) is 55.8 Å². The Morgan fingerprint density at radius 1 is 0.586 bits per heavy atom. The molecular weight excluding hydrogens is 1040 g/mol. The van der Waals surface area contributed by atoms with Crippen LogP contribution in [0.2, 0.25) is 0 Å². The third-order valence-corrected chi connectivity index (χ3v) is 13.0. The molecule has 0 N–H and O–H groups in total. The second kappa shape index (κ2) is 17.3. The van der Waals surface area contributed by atoms with Gasteiger partial charge in [-0.3, -0.25) is 4.57 Å². The number of fused-ring (bicyclic) bond motifs is 6. The van der Waals surface area contributed by atoms with E-state index in [1.807, 2.05) is 66.9 Å². The molecule has 0 bridgehead atoms. The van der Waals surface area contributed by atoms with E-state index in [2.05, 4.69) is 109 Å². The first-order chi connectivity index (χ1) is 38.1. The van der Waals surface area contributed by atoms with Gasteiger partial charge in [-0.2, -0.15) is 18.2 Å². The zero-order valence-electron chi connectivity index (χ0n) is 47.5. The zero-order valence-corrected chi connectivity index (χ0v) is 39.8. The van der Waals surface area contributed by atoms with Crippen molar-refractivity contribution in [3.63, 3.8) is 0 Å². The molecule has 338 valence electrons. The van der Waals surface area contributed by atoms with Crippen LogP contribution in [0.4, 0.5) is 17.1 Å². The number of anilines is 3. The number of rotatable bonds is 8. The van der Waals surface area contributed by atoms with Gasteiger partial charge in [-0.15, -0.1) is 29.7 Å². The quantitative estimate of drug-likeness (QED) is 0.112. The first-order valence-electron chi connectivity index (χ1n) is 27.5. The molecule has 0 unspecified atom stereocenters. The first kappa shape index (κ1) is 33.2. The van der Waals surface area contributed by atoms with Crippen LogP contribution in [-0.4, -0.2) is 14.1 Å². The molecular formula is C63H43N5OPt-2. The Morgan fingerprint density at radius 3 is 1.91 bits per heavy atom. The Kier molecular flexibility index (Phi) is 8.23. The van der Waals surface area contributed by atoms with Gasteiger partial charge in [0.15, 0.2) is 0 Å². The maximum Gasteiger partial charge on any atom is 0.268 e. The van der Waals surface area contributed by atoms with E-state index in [0.29, 0.717) is 34.0 Å². The topological polar surface area (TPSA) is 39.1 Å². The summed E-state index contributed by atoms with van der Waals surface area (Å²) in [5.41, 5.74) is 8.83. The van der Waals surface area contributed by atoms with Gasteiger partial charge >= 0.3 is 0 Å². The summed E-state index contributed by atoms with van der Waals surface area (Å²) < 4.78 is 99.5. The minimum atomic E-state index is -0.576. The average molecular weight is 1090 g/mol. The summed E-state index contributed by atoms with van der Waals surface area (Å²) >= 11 is 0. The van der Waals surface area contributed by atoms with E-state index in [1.165, 1.54) is 11.1 Å². The van der Waals surface area contributed by atoms with Crippen molar-refractivity contribution in [1.29, 1.82) is 0 Å². The summed E-state index contributed by atoms with van der Waals surface area (Å²) in [4.78, 5) is 7.29. The van der Waals surface area contributed by atoms with Crippen LogP contribution in [0, 0.1) is 18.5 Å². The number of benzene rings is 9. The number of para-hydroxylation sites is 6. The predicted octanol–water partition coefficient (Wildman–Crippen LogP) is 15.0. The Bertz CT molecular complexity index is 4360. The summed E-state index contributed by atoms with van der Waals surface area (Å²) in [5.74, 6) is 1.45. The molecule has 1 aliphatic heterocycles. The molecule has 6 nitrogen and oxygen atoms in total. The van der Waals surface area contributed by atoms with Gasteiger partial charge < -0.3 is 18.8 Å². The van der Waals surface area contributed by atoms with Gasteiger partial charge in [0.05, 0.1) is 47.5 Å². The van der Waals surface area contributed by atoms with Gasteiger partial charge in [-0.05, 0) is 68.7 Å². The van der Waals surface area contributed by atoms with Crippen LogP contribution in [0.3, 0.4) is 0 Å². The summed E-state index contributed by atoms with van der Waals surface area (Å²) in [6.07, 6.45) is 5.26. The smallest absolute Gasteiger partial charge is 0.268 e. The standard InChI is InChI=1S/C63H43N5O.Pt/c1-63(2)53-28-10-13-31-56(53)67(57-32-14-11-29-54(57)63)46-37-38-64-61(40-46)68-55-30-12-9-25-51(55)52-36-35-48(41-60(52)68)69-47-24-17-23-45(39-47)65-42-66(59-34-16-15-33-58(59)65)62-49(43-19-5-3-6-20-43)26-18-27-50(62)44-21-7-4-8-22-44;/h3-38,40H,1-2H3;/q-2;/i3D,4D,5D,6D,7D,8D,19D,20D,21D,22D;. The van der Waals surface area contributed by atoms with Crippen LogP contribution >= 0.6 is 0 Å². The van der Waals surface area contributed by atoms with Gasteiger partial charge in [0.25, 0.3) is 6.33 Å². The van der Waals surface area contributed by atoms with Crippen LogP contribution in [0.1, 0.15) is 38.7 Å². The predicted molar refractivity (Wildman–Crippen MR) is 278 cm³/mol. The molecule has 0 spiro atoms. The van der Waals surface area contributed by atoms with Crippen LogP contribution in [0.15, 0.2) is 224 Å². The van der Waals surface area contributed by atoms with E-state index < -0.39 is 60.4 Å². The van der Waals surface area contributed by atoms with Gasteiger partial charge in [-0.25, -0.2) is 4.98 Å². The Morgan fingerprint density at radius 2 is 1.20 bits per heavy atom. The second-order valence-electron chi connectivity index (χ2n) is 17.3. The molecule has 0 saturated carbocycles. The Balaban J connectivity index is 0.00000637. The summed E-state index contributed by atoms with van der Waals surface area (Å²) in [5, 5.41) is 1.97. The first-order valence-corrected chi connectivity index (χ1v) is 22.5. The molecule has 0 amide bonds. The monoisotopic (exact) mass is 1090 g/mol. The molecule has 0 radical (unpaired) electrons. The summed E-state index contributed by atoms with van der Waals surface area (Å²) in [6.45, 7) is 4.54. The number of imidazole rings is 1. The molecule has 4 heterocycles. The van der Waals surface area contributed by atoms with Crippen LogP contribution in [-0.2, 0) is 26.5 Å². The summed E-state index contributed by atoms with van der Waals surface area (Å²) in [7, 11) is 0. The fourth-order valence-corrected chi connectivity index (χ4v) is 9.89. The van der Waals surface area contributed by atoms with Crippen molar-refractivity contribution in [3.8, 4) is 50.9 Å². The van der Waals surface area contributed by atoms with Crippen molar-refractivity contribution in [2.45, 2.75) is 19.3 Å². The third kappa shape index (κ3) is 7.06. The molecule has 1 aliphatic rings. The molecule has 3 aromatic heterocycles. The largest absolute Gasteiger partial charge is 0.510 e. The van der Waals surface area contributed by atoms with E-state index in [0.717, 1.165) is 38.9 Å². The van der Waals surface area contributed by atoms with Crippen molar-refractivity contribution in [2.75, 3.05) is 4.90 Å². The maximum absolute atomic E-state index is 9.05. The number of pyridine rings is 1. The minimum absolute atomic E-state index is 0. The van der Waals surface area contributed by atoms with Crippen LogP contribution < -0.4 is 14.2 Å². The van der Waals surface area contributed by atoms with E-state index in [-0.39, 0.29) is 54.4 Å². The van der Waals surface area contributed by atoms with Gasteiger partial charge in [0.1, 0.15) is 5.82 Å². The van der Waals surface area contributed by atoms with E-state index >= 15 is 0 Å². The van der Waals surface area contributed by atoms with Gasteiger partial charge in [-0.1, -0.05) is 177 Å². The number of aromatic nitrogens is 4. The fraction of sp³-hybridized carbons (Fsp3) is 0.0476. The summed E-state index contributed by atoms with van der Waals surface area (Å²) in [6, 6.07) is 52.5. The molecule has 12 aromatic rings. The van der Waals surface area contributed by atoms with E-state index in [1.54, 1.807) is 39.5 Å². The molecule has 0 aliphatic carbocycles. The van der Waals surface area contributed by atoms with Crippen molar-refractivity contribution in [1.82, 2.24) is 14.1 Å². The normalized spacial score (nSPS) is 14.7. The minimum Gasteiger partial charge on any atom is -0.510 e. The van der Waals surface area contributed by atoms with Crippen LogP contribution in [0.5, 0.6) is 11.5 Å². The number of ether oxygens (including phenoxy) is 1. The Labute approximate surface area is 435 Å².